The normalized spacial score (nSPS) is 20.2. The molecule has 4 heteroatoms. The summed E-state index contributed by atoms with van der Waals surface area (Å²) in [4.78, 5) is 11.5. The molecule has 1 aliphatic heterocycles. The summed E-state index contributed by atoms with van der Waals surface area (Å²) in [6.07, 6.45) is 12.6. The molecule has 0 N–H and O–H groups in total. The molecular weight excluding hydrogens is 456 g/mol. The van der Waals surface area contributed by atoms with Crippen LogP contribution < -0.4 is 9.47 Å². The summed E-state index contributed by atoms with van der Waals surface area (Å²) in [7, 11) is 0. The molecule has 3 atom stereocenters. The number of carbonyl (C=O) groups is 1. The van der Waals surface area contributed by atoms with E-state index in [9.17, 15) is 4.79 Å². The van der Waals surface area contributed by atoms with Crippen LogP contribution in [0.1, 0.15) is 128 Å². The Morgan fingerprint density at radius 2 is 1.66 bits per heavy atom. The van der Waals surface area contributed by atoms with Crippen LogP contribution in [0.5, 0.6) is 11.5 Å². The van der Waals surface area contributed by atoms with Crippen LogP contribution in [0.15, 0.2) is 0 Å². The van der Waals surface area contributed by atoms with Gasteiger partial charge in [-0.25, -0.2) is 0 Å². The predicted octanol–water partition coefficient (Wildman–Crippen LogP) is 9.42. The maximum atomic E-state index is 11.6. The molecule has 1 heterocycles. The van der Waals surface area contributed by atoms with Gasteiger partial charge in [-0.3, -0.25) is 4.79 Å². The van der Waals surface area contributed by atoms with Gasteiger partial charge in [0.15, 0.2) is 0 Å². The molecule has 0 bridgehead atoms. The summed E-state index contributed by atoms with van der Waals surface area (Å²) >= 11 is 6.95. The lowest BCUT2D eigenvalue weighted by molar-refractivity contribution is -0.132. The number of carbonyl (C=O) groups excluding carboxylic acids is 1. The third-order valence-electron chi connectivity index (χ3n) is 8.09. The highest BCUT2D eigenvalue weighted by Crippen LogP contribution is 2.45. The molecule has 0 amide bonds. The number of benzene rings is 1. The summed E-state index contributed by atoms with van der Waals surface area (Å²) in [5.74, 6) is 3.03. The molecule has 1 aliphatic rings. The number of alkyl halides is 1. The molecule has 0 spiro atoms. The molecule has 3 nitrogen and oxygen atoms in total. The zero-order valence-corrected chi connectivity index (χ0v) is 24.8. The van der Waals surface area contributed by atoms with Crippen molar-refractivity contribution in [2.45, 2.75) is 143 Å². The molecule has 0 fully saturated rings. The molecule has 0 aromatic heterocycles. The first kappa shape index (κ1) is 30.0. The van der Waals surface area contributed by atoms with Gasteiger partial charge in [-0.1, -0.05) is 52.9 Å². The van der Waals surface area contributed by atoms with Crippen LogP contribution in [0.3, 0.4) is 0 Å². The van der Waals surface area contributed by atoms with Gasteiger partial charge in [0.05, 0.1) is 0 Å². The van der Waals surface area contributed by atoms with E-state index >= 15 is 0 Å². The Balaban J connectivity index is 1.88. The lowest BCUT2D eigenvalue weighted by Crippen LogP contribution is -2.37. The van der Waals surface area contributed by atoms with Crippen LogP contribution in [0, 0.1) is 32.6 Å². The van der Waals surface area contributed by atoms with Crippen molar-refractivity contribution < 1.29 is 14.3 Å². The van der Waals surface area contributed by atoms with Gasteiger partial charge in [0.25, 0.3) is 0 Å². The van der Waals surface area contributed by atoms with Gasteiger partial charge in [0.1, 0.15) is 17.1 Å². The highest BCUT2D eigenvalue weighted by molar-refractivity contribution is 6.23. The van der Waals surface area contributed by atoms with Gasteiger partial charge < -0.3 is 9.47 Å². The smallest absolute Gasteiger partial charge is 0.308 e. The lowest BCUT2D eigenvalue weighted by Gasteiger charge is -2.38. The average molecular weight is 507 g/mol. The largest absolute Gasteiger partial charge is 0.487 e. The van der Waals surface area contributed by atoms with Gasteiger partial charge in [0.2, 0.25) is 0 Å². The number of fused-ring (bicyclic) bond motifs is 1. The number of hydrogen-bond acceptors (Lipinski definition) is 3. The fourth-order valence-corrected chi connectivity index (χ4v) is 5.82. The first-order chi connectivity index (χ1) is 16.2. The van der Waals surface area contributed by atoms with E-state index in [1.807, 2.05) is 13.8 Å². The van der Waals surface area contributed by atoms with E-state index in [-0.39, 0.29) is 16.4 Å². The number of rotatable bonds is 13. The van der Waals surface area contributed by atoms with Gasteiger partial charge >= 0.3 is 5.97 Å². The van der Waals surface area contributed by atoms with E-state index in [1.165, 1.54) is 44.6 Å². The topological polar surface area (TPSA) is 35.5 Å². The van der Waals surface area contributed by atoms with Crippen LogP contribution in [0.25, 0.3) is 0 Å². The summed E-state index contributed by atoms with van der Waals surface area (Å²) in [6.45, 7) is 19.1. The van der Waals surface area contributed by atoms with Crippen LogP contribution >= 0.6 is 11.6 Å². The Kier molecular flexibility index (Phi) is 11.0. The standard InChI is InChI=1S/C31H51ClO3/c1-21(2)13-10-14-22(3)15-11-17-30(8,32)18-12-19-31(9)20-16-27-25(6)28(34-26(7)33)23(4)24(5)29(27)35-31/h21-22H,10-20H2,1-9H3. The number of esters is 1. The van der Waals surface area contributed by atoms with Gasteiger partial charge in [-0.2, -0.15) is 0 Å². The minimum Gasteiger partial charge on any atom is -0.487 e. The summed E-state index contributed by atoms with van der Waals surface area (Å²) in [6, 6.07) is 0. The van der Waals surface area contributed by atoms with Crippen molar-refractivity contribution in [1.29, 1.82) is 0 Å². The first-order valence-electron chi connectivity index (χ1n) is 13.9. The third-order valence-corrected chi connectivity index (χ3v) is 8.46. The van der Waals surface area contributed by atoms with Crippen LogP contribution in [0.4, 0.5) is 0 Å². The zero-order chi connectivity index (χ0) is 26.4. The molecule has 0 radical (unpaired) electrons. The summed E-state index contributed by atoms with van der Waals surface area (Å²) in [5, 5.41) is 0. The van der Waals surface area contributed by atoms with E-state index in [0.717, 1.165) is 72.8 Å². The molecule has 0 saturated carbocycles. The Morgan fingerprint density at radius 1 is 1.03 bits per heavy atom. The van der Waals surface area contributed by atoms with Gasteiger partial charge in [-0.15, -0.1) is 11.6 Å². The fourth-order valence-electron chi connectivity index (χ4n) is 5.55. The van der Waals surface area contributed by atoms with E-state index in [1.54, 1.807) is 0 Å². The minimum atomic E-state index is -0.276. The van der Waals surface area contributed by atoms with Crippen LogP contribution in [-0.4, -0.2) is 16.4 Å². The van der Waals surface area contributed by atoms with E-state index in [4.69, 9.17) is 21.1 Å². The average Bonchev–Trinajstić information content (AvgIpc) is 2.74. The molecule has 0 aliphatic carbocycles. The monoisotopic (exact) mass is 506 g/mol. The molecular formula is C31H51ClO3. The first-order valence-corrected chi connectivity index (χ1v) is 14.3. The molecule has 3 unspecified atom stereocenters. The summed E-state index contributed by atoms with van der Waals surface area (Å²) < 4.78 is 12.2. The second-order valence-electron chi connectivity index (χ2n) is 12.2. The highest BCUT2D eigenvalue weighted by Gasteiger charge is 2.35. The summed E-state index contributed by atoms with van der Waals surface area (Å²) in [5.41, 5.74) is 4.11. The van der Waals surface area contributed by atoms with Crippen molar-refractivity contribution in [3.63, 3.8) is 0 Å². The maximum absolute atomic E-state index is 11.6. The van der Waals surface area contributed by atoms with Crippen molar-refractivity contribution in [2.24, 2.45) is 11.8 Å². The van der Waals surface area contributed by atoms with Crippen molar-refractivity contribution in [3.8, 4) is 11.5 Å². The number of halogens is 1. The van der Waals surface area contributed by atoms with E-state index in [0.29, 0.717) is 5.75 Å². The Hall–Kier alpha value is -1.22. The highest BCUT2D eigenvalue weighted by atomic mass is 35.5. The Morgan fingerprint density at radius 3 is 2.29 bits per heavy atom. The quantitative estimate of drug-likeness (QED) is 0.152. The second-order valence-corrected chi connectivity index (χ2v) is 13.2. The molecule has 1 aromatic carbocycles. The van der Waals surface area contributed by atoms with Crippen molar-refractivity contribution in [1.82, 2.24) is 0 Å². The molecule has 35 heavy (non-hydrogen) atoms. The predicted molar refractivity (Wildman–Crippen MR) is 149 cm³/mol. The van der Waals surface area contributed by atoms with Gasteiger partial charge in [-0.05, 0) is 102 Å². The second kappa shape index (κ2) is 12.8. The zero-order valence-electron chi connectivity index (χ0n) is 24.0. The number of hydrogen-bond donors (Lipinski definition) is 0. The molecule has 200 valence electrons. The molecule has 2 rings (SSSR count). The van der Waals surface area contributed by atoms with E-state index in [2.05, 4.69) is 41.5 Å². The SMILES string of the molecule is CC(=O)Oc1c(C)c(C)c2c(c1C)CCC(C)(CCCC(C)(Cl)CCCC(C)CCCC(C)C)O2. The van der Waals surface area contributed by atoms with Crippen molar-refractivity contribution >= 4 is 17.6 Å². The lowest BCUT2D eigenvalue weighted by atomic mass is 9.83. The Labute approximate surface area is 220 Å². The molecule has 1 aromatic rings. The van der Waals surface area contributed by atoms with Gasteiger partial charge in [0, 0.05) is 17.4 Å². The van der Waals surface area contributed by atoms with Crippen LogP contribution in [-0.2, 0) is 11.2 Å². The van der Waals surface area contributed by atoms with Crippen LogP contribution in [0.2, 0.25) is 0 Å². The number of ether oxygens (including phenoxy) is 2. The van der Waals surface area contributed by atoms with Crippen molar-refractivity contribution in [2.75, 3.05) is 0 Å². The third kappa shape index (κ3) is 8.99. The maximum Gasteiger partial charge on any atom is 0.308 e. The fraction of sp³-hybridized carbons (Fsp3) is 0.774. The van der Waals surface area contributed by atoms with E-state index < -0.39 is 0 Å². The molecule has 0 saturated heterocycles. The minimum absolute atomic E-state index is 0.136. The van der Waals surface area contributed by atoms with Crippen molar-refractivity contribution in [3.05, 3.63) is 22.3 Å². The Bertz CT molecular complexity index is 858.